The molecule has 1 fully saturated rings. The molecule has 2 atom stereocenters. The molecule has 1 aliphatic rings. The lowest BCUT2D eigenvalue weighted by molar-refractivity contribution is -0.0294. The molecule has 1 heterocycles. The van der Waals surface area contributed by atoms with Gasteiger partial charge in [-0.3, -0.25) is 0 Å². The minimum absolute atomic E-state index is 0.0332. The van der Waals surface area contributed by atoms with E-state index in [1.165, 1.54) is 0 Å². The molecule has 2 unspecified atom stereocenters. The van der Waals surface area contributed by atoms with E-state index >= 15 is 0 Å². The minimum atomic E-state index is 0.0332. The van der Waals surface area contributed by atoms with Crippen LogP contribution >= 0.6 is 0 Å². The van der Waals surface area contributed by atoms with Crippen molar-refractivity contribution in [3.8, 4) is 0 Å². The van der Waals surface area contributed by atoms with Crippen molar-refractivity contribution in [2.24, 2.45) is 5.73 Å². The fourth-order valence-corrected chi connectivity index (χ4v) is 2.33. The van der Waals surface area contributed by atoms with Crippen LogP contribution in [0, 0.1) is 0 Å². The number of nitrogens with one attached hydrogen (secondary N) is 1. The van der Waals surface area contributed by atoms with Crippen LogP contribution in [0.5, 0.6) is 0 Å². The molecule has 4 nitrogen and oxygen atoms in total. The van der Waals surface area contributed by atoms with Crippen LogP contribution < -0.4 is 11.1 Å². The number of hydrogen-bond acceptors (Lipinski definition) is 4. The third-order valence-electron chi connectivity index (χ3n) is 3.49. The van der Waals surface area contributed by atoms with Gasteiger partial charge in [-0.25, -0.2) is 0 Å². The summed E-state index contributed by atoms with van der Waals surface area (Å²) in [6.45, 7) is 11.6. The zero-order valence-electron chi connectivity index (χ0n) is 11.8. The molecule has 0 amide bonds. The van der Waals surface area contributed by atoms with Gasteiger partial charge in [0.15, 0.2) is 0 Å². The topological polar surface area (TPSA) is 56.5 Å². The second-order valence-corrected chi connectivity index (χ2v) is 5.28. The summed E-state index contributed by atoms with van der Waals surface area (Å²) in [5.74, 6) is 0. The smallest absolute Gasteiger partial charge is 0.0672 e. The molecular formula is C14H28N2O2. The van der Waals surface area contributed by atoms with Crippen LogP contribution in [0.1, 0.15) is 33.1 Å². The molecule has 1 rings (SSSR count). The minimum Gasteiger partial charge on any atom is -0.378 e. The zero-order chi connectivity index (χ0) is 13.4. The Morgan fingerprint density at radius 2 is 2.39 bits per heavy atom. The van der Waals surface area contributed by atoms with Crippen molar-refractivity contribution in [2.45, 2.75) is 44.8 Å². The molecular weight excluding hydrogens is 228 g/mol. The van der Waals surface area contributed by atoms with Crippen molar-refractivity contribution in [1.82, 2.24) is 5.32 Å². The highest BCUT2D eigenvalue weighted by molar-refractivity contribution is 4.94. The van der Waals surface area contributed by atoms with E-state index in [0.29, 0.717) is 25.9 Å². The Kier molecular flexibility index (Phi) is 6.86. The Morgan fingerprint density at radius 1 is 1.61 bits per heavy atom. The number of ether oxygens (including phenoxy) is 2. The third kappa shape index (κ3) is 5.06. The lowest BCUT2D eigenvalue weighted by atomic mass is 9.86. The van der Waals surface area contributed by atoms with Gasteiger partial charge in [0.05, 0.1) is 19.3 Å². The Hall–Kier alpha value is -0.420. The highest BCUT2D eigenvalue weighted by Gasteiger charge is 2.34. The highest BCUT2D eigenvalue weighted by atomic mass is 16.5. The van der Waals surface area contributed by atoms with Crippen molar-refractivity contribution in [1.29, 1.82) is 0 Å². The molecule has 0 aliphatic carbocycles. The monoisotopic (exact) mass is 256 g/mol. The molecule has 106 valence electrons. The summed E-state index contributed by atoms with van der Waals surface area (Å²) in [4.78, 5) is 0. The van der Waals surface area contributed by atoms with Gasteiger partial charge in [-0.1, -0.05) is 19.1 Å². The largest absolute Gasteiger partial charge is 0.378 e. The van der Waals surface area contributed by atoms with E-state index in [9.17, 15) is 0 Å². The van der Waals surface area contributed by atoms with Gasteiger partial charge in [-0.15, -0.1) is 0 Å². The summed E-state index contributed by atoms with van der Waals surface area (Å²) in [6, 6.07) is 0. The first-order valence-corrected chi connectivity index (χ1v) is 6.90. The van der Waals surface area contributed by atoms with E-state index in [2.05, 4.69) is 18.8 Å². The van der Waals surface area contributed by atoms with Crippen LogP contribution in [-0.2, 0) is 9.47 Å². The van der Waals surface area contributed by atoms with Crippen LogP contribution in [-0.4, -0.2) is 44.6 Å². The van der Waals surface area contributed by atoms with E-state index in [1.54, 1.807) is 0 Å². The van der Waals surface area contributed by atoms with Gasteiger partial charge in [-0.05, 0) is 26.2 Å². The Balaban J connectivity index is 2.29. The van der Waals surface area contributed by atoms with Crippen molar-refractivity contribution in [3.63, 3.8) is 0 Å². The van der Waals surface area contributed by atoms with Gasteiger partial charge in [0.25, 0.3) is 0 Å². The van der Waals surface area contributed by atoms with Crippen molar-refractivity contribution in [2.75, 3.05) is 32.9 Å². The summed E-state index contributed by atoms with van der Waals surface area (Å²) in [5, 5.41) is 3.56. The quantitative estimate of drug-likeness (QED) is 0.510. The van der Waals surface area contributed by atoms with Gasteiger partial charge < -0.3 is 20.5 Å². The van der Waals surface area contributed by atoms with Gasteiger partial charge in [0, 0.05) is 25.2 Å². The first-order chi connectivity index (χ1) is 8.62. The molecule has 0 bridgehead atoms. The van der Waals surface area contributed by atoms with Crippen LogP contribution in [0.15, 0.2) is 12.2 Å². The first kappa shape index (κ1) is 15.6. The van der Waals surface area contributed by atoms with Crippen LogP contribution in [0.4, 0.5) is 0 Å². The maximum Gasteiger partial charge on any atom is 0.0672 e. The molecule has 0 aromatic carbocycles. The first-order valence-electron chi connectivity index (χ1n) is 6.90. The number of rotatable bonds is 8. The maximum absolute atomic E-state index is 5.95. The molecule has 0 saturated carbocycles. The Bertz CT molecular complexity index is 258. The van der Waals surface area contributed by atoms with Gasteiger partial charge in [0.2, 0.25) is 0 Å². The summed E-state index contributed by atoms with van der Waals surface area (Å²) in [7, 11) is 0. The lowest BCUT2D eigenvalue weighted by Gasteiger charge is -2.41. The predicted octanol–water partition coefficient (Wildman–Crippen LogP) is 1.46. The van der Waals surface area contributed by atoms with Crippen LogP contribution in [0.25, 0.3) is 0 Å². The second-order valence-electron chi connectivity index (χ2n) is 5.28. The maximum atomic E-state index is 5.95. The molecule has 18 heavy (non-hydrogen) atoms. The molecule has 4 heteroatoms. The number of hydrogen-bond donors (Lipinski definition) is 2. The van der Waals surface area contributed by atoms with Crippen molar-refractivity contribution in [3.05, 3.63) is 12.2 Å². The summed E-state index contributed by atoms with van der Waals surface area (Å²) in [5.41, 5.74) is 7.03. The summed E-state index contributed by atoms with van der Waals surface area (Å²) in [6.07, 6.45) is 3.38. The normalized spacial score (nSPS) is 28.3. The Labute approximate surface area is 111 Å². The molecule has 3 N–H and O–H groups in total. The third-order valence-corrected chi connectivity index (χ3v) is 3.49. The standard InChI is InChI=1S/C14H28N2O2/c1-4-13-9-14(11-15,5-7-18-13)16-6-8-17-10-12(2)3/h13,16H,2,4-11,15H2,1,3H3. The summed E-state index contributed by atoms with van der Waals surface area (Å²) >= 11 is 0. The van der Waals surface area contributed by atoms with Gasteiger partial charge in [0.1, 0.15) is 0 Å². The van der Waals surface area contributed by atoms with E-state index in [0.717, 1.165) is 38.0 Å². The Morgan fingerprint density at radius 3 is 3.00 bits per heavy atom. The van der Waals surface area contributed by atoms with Crippen molar-refractivity contribution >= 4 is 0 Å². The van der Waals surface area contributed by atoms with Crippen LogP contribution in [0.3, 0.4) is 0 Å². The van der Waals surface area contributed by atoms with E-state index in [1.807, 2.05) is 6.92 Å². The van der Waals surface area contributed by atoms with E-state index < -0.39 is 0 Å². The number of nitrogens with two attached hydrogens (primary N) is 1. The van der Waals surface area contributed by atoms with E-state index in [-0.39, 0.29) is 5.54 Å². The molecule has 0 radical (unpaired) electrons. The molecule has 1 saturated heterocycles. The van der Waals surface area contributed by atoms with Crippen LogP contribution in [0.2, 0.25) is 0 Å². The lowest BCUT2D eigenvalue weighted by Crippen LogP contribution is -2.57. The highest BCUT2D eigenvalue weighted by Crippen LogP contribution is 2.25. The average molecular weight is 256 g/mol. The molecule has 1 aliphatic heterocycles. The molecule has 0 spiro atoms. The molecule has 0 aromatic rings. The van der Waals surface area contributed by atoms with Gasteiger partial charge in [-0.2, -0.15) is 0 Å². The second kappa shape index (κ2) is 7.89. The predicted molar refractivity (Wildman–Crippen MR) is 74.7 cm³/mol. The fraction of sp³-hybridized carbons (Fsp3) is 0.857. The summed E-state index contributed by atoms with van der Waals surface area (Å²) < 4.78 is 11.2. The average Bonchev–Trinajstić information content (AvgIpc) is 2.38. The zero-order valence-corrected chi connectivity index (χ0v) is 11.8. The van der Waals surface area contributed by atoms with Gasteiger partial charge >= 0.3 is 0 Å². The fourth-order valence-electron chi connectivity index (χ4n) is 2.33. The molecule has 0 aromatic heterocycles. The SMILES string of the molecule is C=C(C)COCCNC1(CN)CCOC(CC)C1. The van der Waals surface area contributed by atoms with Crippen molar-refractivity contribution < 1.29 is 9.47 Å². The van der Waals surface area contributed by atoms with E-state index in [4.69, 9.17) is 15.2 Å².